The molecule has 5 heteroatoms. The lowest BCUT2D eigenvalue weighted by Crippen LogP contribution is -2.39. The molecule has 0 amide bonds. The van der Waals surface area contributed by atoms with Crippen LogP contribution in [0.4, 0.5) is 0 Å². The smallest absolute Gasteiger partial charge is 0.301 e. The number of rotatable bonds is 3. The van der Waals surface area contributed by atoms with Crippen LogP contribution < -0.4 is 16.6 Å². The predicted octanol–water partition coefficient (Wildman–Crippen LogP) is -1.19. The van der Waals surface area contributed by atoms with Crippen molar-refractivity contribution in [2.75, 3.05) is 6.54 Å². The quantitative estimate of drug-likeness (QED) is 0.500. The van der Waals surface area contributed by atoms with Crippen molar-refractivity contribution in [3.63, 3.8) is 0 Å². The van der Waals surface area contributed by atoms with E-state index in [4.69, 9.17) is 6.42 Å². The minimum atomic E-state index is -0.333. The van der Waals surface area contributed by atoms with Crippen molar-refractivity contribution in [2.24, 2.45) is 14.1 Å². The molecule has 1 aromatic rings. The van der Waals surface area contributed by atoms with Crippen molar-refractivity contribution >= 4 is 0 Å². The van der Waals surface area contributed by atoms with Gasteiger partial charge in [-0.1, -0.05) is 5.92 Å². The number of aromatic nitrogens is 2. The van der Waals surface area contributed by atoms with Gasteiger partial charge in [0.15, 0.2) is 0 Å². The van der Waals surface area contributed by atoms with Gasteiger partial charge in [0.05, 0.1) is 6.54 Å². The van der Waals surface area contributed by atoms with E-state index in [-0.39, 0.29) is 11.2 Å². The minimum Gasteiger partial charge on any atom is -0.301 e. The van der Waals surface area contributed by atoms with Crippen LogP contribution in [0.2, 0.25) is 0 Å². The number of terminal acetylenes is 1. The van der Waals surface area contributed by atoms with Crippen LogP contribution in [0, 0.1) is 12.3 Å². The second-order valence-corrected chi connectivity index (χ2v) is 3.18. The molecule has 5 nitrogen and oxygen atoms in total. The van der Waals surface area contributed by atoms with Crippen molar-refractivity contribution in [2.45, 2.75) is 6.54 Å². The molecule has 0 radical (unpaired) electrons. The normalized spacial score (nSPS) is 9.93. The largest absolute Gasteiger partial charge is 0.330 e. The van der Waals surface area contributed by atoms with Crippen LogP contribution in [0.5, 0.6) is 0 Å². The minimum absolute atomic E-state index is 0.310. The Balaban J connectivity index is 3.06. The summed E-state index contributed by atoms with van der Waals surface area (Å²) in [5.41, 5.74) is -0.0195. The molecule has 0 unspecified atom stereocenters. The van der Waals surface area contributed by atoms with E-state index >= 15 is 0 Å². The van der Waals surface area contributed by atoms with Gasteiger partial charge in [0, 0.05) is 32.4 Å². The summed E-state index contributed by atoms with van der Waals surface area (Å²) >= 11 is 0. The van der Waals surface area contributed by atoms with Crippen LogP contribution in [0.3, 0.4) is 0 Å². The molecule has 0 fully saturated rings. The van der Waals surface area contributed by atoms with Crippen molar-refractivity contribution in [3.8, 4) is 12.3 Å². The van der Waals surface area contributed by atoms with Crippen LogP contribution in [0.1, 0.15) is 5.69 Å². The molecule has 0 aliphatic rings. The third-order valence-electron chi connectivity index (χ3n) is 2.16. The van der Waals surface area contributed by atoms with Gasteiger partial charge in [-0.15, -0.1) is 6.42 Å². The first-order valence-electron chi connectivity index (χ1n) is 4.48. The third-order valence-corrected chi connectivity index (χ3v) is 2.16. The highest BCUT2D eigenvalue weighted by Crippen LogP contribution is 1.88. The maximum absolute atomic E-state index is 11.5. The van der Waals surface area contributed by atoms with Crippen LogP contribution >= 0.6 is 0 Å². The molecule has 1 N–H and O–H groups in total. The first-order valence-corrected chi connectivity index (χ1v) is 4.48. The highest BCUT2D eigenvalue weighted by molar-refractivity contribution is 5.02. The molecule has 0 saturated carbocycles. The molecule has 0 bridgehead atoms. The van der Waals surface area contributed by atoms with E-state index in [2.05, 4.69) is 11.2 Å². The molecule has 1 heterocycles. The first-order chi connectivity index (χ1) is 7.07. The van der Waals surface area contributed by atoms with E-state index in [0.717, 1.165) is 4.57 Å². The summed E-state index contributed by atoms with van der Waals surface area (Å²) in [4.78, 5) is 22.8. The Morgan fingerprint density at radius 2 is 2.07 bits per heavy atom. The summed E-state index contributed by atoms with van der Waals surface area (Å²) in [5, 5.41) is 2.92. The number of nitrogens with one attached hydrogen (secondary N) is 1. The van der Waals surface area contributed by atoms with Crippen molar-refractivity contribution < 1.29 is 0 Å². The zero-order chi connectivity index (χ0) is 11.4. The second-order valence-electron chi connectivity index (χ2n) is 3.18. The summed E-state index contributed by atoms with van der Waals surface area (Å²) < 4.78 is 2.48. The zero-order valence-electron chi connectivity index (χ0n) is 8.78. The molecular formula is C10H13N3O2. The molecule has 0 aromatic carbocycles. The van der Waals surface area contributed by atoms with Gasteiger partial charge in [-0.05, 0) is 0 Å². The molecule has 0 spiro atoms. The third kappa shape index (κ3) is 2.36. The highest BCUT2D eigenvalue weighted by atomic mass is 16.2. The maximum atomic E-state index is 11.5. The monoisotopic (exact) mass is 207 g/mol. The van der Waals surface area contributed by atoms with E-state index in [1.54, 1.807) is 7.05 Å². The SMILES string of the molecule is C#CCNCc1cc(=O)n(C)c(=O)n1C. The van der Waals surface area contributed by atoms with Crippen molar-refractivity contribution in [1.82, 2.24) is 14.5 Å². The van der Waals surface area contributed by atoms with Gasteiger partial charge >= 0.3 is 5.69 Å². The second kappa shape index (κ2) is 4.62. The molecule has 0 aliphatic carbocycles. The molecule has 80 valence electrons. The molecule has 1 rings (SSSR count). The average Bonchev–Trinajstić information content (AvgIpc) is 2.23. The van der Waals surface area contributed by atoms with Gasteiger partial charge < -0.3 is 5.32 Å². The lowest BCUT2D eigenvalue weighted by Gasteiger charge is -2.08. The van der Waals surface area contributed by atoms with Gasteiger partial charge in [-0.3, -0.25) is 13.9 Å². The highest BCUT2D eigenvalue weighted by Gasteiger charge is 2.04. The van der Waals surface area contributed by atoms with Crippen LogP contribution in [0.15, 0.2) is 15.7 Å². The maximum Gasteiger partial charge on any atom is 0.330 e. The van der Waals surface area contributed by atoms with Crippen LogP contribution in [-0.2, 0) is 20.6 Å². The topological polar surface area (TPSA) is 56.0 Å². The fourth-order valence-electron chi connectivity index (χ4n) is 1.21. The fraction of sp³-hybridized carbons (Fsp3) is 0.400. The first kappa shape index (κ1) is 11.3. The lowest BCUT2D eigenvalue weighted by atomic mass is 10.4. The Morgan fingerprint density at radius 1 is 1.40 bits per heavy atom. The summed E-state index contributed by atoms with van der Waals surface area (Å²) in [6.07, 6.45) is 5.07. The lowest BCUT2D eigenvalue weighted by molar-refractivity contribution is 0.620. The Bertz CT molecular complexity index is 505. The summed E-state index contributed by atoms with van der Waals surface area (Å²) in [6.45, 7) is 0.815. The van der Waals surface area contributed by atoms with Crippen molar-refractivity contribution in [3.05, 3.63) is 32.6 Å². The van der Waals surface area contributed by atoms with Gasteiger partial charge in [0.2, 0.25) is 0 Å². The molecule has 0 atom stereocenters. The zero-order valence-corrected chi connectivity index (χ0v) is 8.78. The van der Waals surface area contributed by atoms with E-state index in [0.29, 0.717) is 18.8 Å². The Labute approximate surface area is 87.4 Å². The van der Waals surface area contributed by atoms with E-state index in [9.17, 15) is 9.59 Å². The fourth-order valence-corrected chi connectivity index (χ4v) is 1.21. The summed E-state index contributed by atoms with van der Waals surface area (Å²) in [5.74, 6) is 2.42. The molecular weight excluding hydrogens is 194 g/mol. The summed E-state index contributed by atoms with van der Waals surface area (Å²) in [6, 6.07) is 1.42. The molecule has 0 saturated heterocycles. The van der Waals surface area contributed by atoms with Gasteiger partial charge in [0.25, 0.3) is 5.56 Å². The summed E-state index contributed by atoms with van der Waals surface area (Å²) in [7, 11) is 3.07. The number of hydrogen-bond acceptors (Lipinski definition) is 3. The van der Waals surface area contributed by atoms with E-state index in [1.807, 2.05) is 0 Å². The molecule has 1 aromatic heterocycles. The standard InChI is InChI=1S/C10H13N3O2/c1-4-5-11-7-8-6-9(14)13(3)10(15)12(8)2/h1,6,11H,5,7H2,2-3H3. The van der Waals surface area contributed by atoms with Gasteiger partial charge in [-0.25, -0.2) is 4.79 Å². The number of hydrogen-bond donors (Lipinski definition) is 1. The van der Waals surface area contributed by atoms with E-state index < -0.39 is 0 Å². The molecule has 15 heavy (non-hydrogen) atoms. The Kier molecular flexibility index (Phi) is 3.47. The van der Waals surface area contributed by atoms with Crippen LogP contribution in [0.25, 0.3) is 0 Å². The number of nitrogens with zero attached hydrogens (tertiary/aromatic N) is 2. The van der Waals surface area contributed by atoms with Crippen LogP contribution in [-0.4, -0.2) is 15.7 Å². The predicted molar refractivity (Wildman–Crippen MR) is 57.5 cm³/mol. The van der Waals surface area contributed by atoms with Crippen molar-refractivity contribution in [1.29, 1.82) is 0 Å². The average molecular weight is 207 g/mol. The van der Waals surface area contributed by atoms with E-state index in [1.165, 1.54) is 17.7 Å². The Morgan fingerprint density at radius 3 is 2.67 bits per heavy atom. The van der Waals surface area contributed by atoms with Gasteiger partial charge in [-0.2, -0.15) is 0 Å². The molecule has 0 aliphatic heterocycles. The van der Waals surface area contributed by atoms with Gasteiger partial charge in [0.1, 0.15) is 0 Å². The Hall–Kier alpha value is -1.80.